The average molecular weight is 428 g/mol. The third-order valence-electron chi connectivity index (χ3n) is 5.05. The van der Waals surface area contributed by atoms with Crippen molar-refractivity contribution < 1.29 is 14.7 Å². The minimum Gasteiger partial charge on any atom is -0.392 e. The largest absolute Gasteiger partial charge is 0.392 e. The molecule has 0 radical (unpaired) electrons. The first-order valence-corrected chi connectivity index (χ1v) is 12.7. The van der Waals surface area contributed by atoms with Crippen LogP contribution in [0.3, 0.4) is 0 Å². The molecule has 0 unspecified atom stereocenters. The Hall–Kier alpha value is -0.940. The van der Waals surface area contributed by atoms with Crippen LogP contribution in [0.2, 0.25) is 0 Å². The molecule has 10 heteroatoms. The number of piperazine rings is 1. The first-order chi connectivity index (χ1) is 12.5. The Balaban J connectivity index is 1.82. The van der Waals surface area contributed by atoms with Gasteiger partial charge in [-0.05, 0) is 52.9 Å². The Morgan fingerprint density at radius 1 is 1.04 bits per heavy atom. The van der Waals surface area contributed by atoms with Crippen LogP contribution < -0.4 is 0 Å². The number of likely N-dealkylation sites (N-methyl/N-ethyl adjacent to an activating group) is 2. The quantitative estimate of drug-likeness (QED) is 0.730. The molecule has 0 spiro atoms. The SMILES string of the molecule is CN1C(=O)[C@]2(Cc3c[nH]c4ccccc34)SSSS[C@@]1(CO)C(=O)N2C. The second-order valence-electron chi connectivity index (χ2n) is 6.29. The van der Waals surface area contributed by atoms with Crippen LogP contribution in [0.25, 0.3) is 10.9 Å². The number of aliphatic hydroxyl groups is 1. The van der Waals surface area contributed by atoms with E-state index < -0.39 is 16.3 Å². The van der Waals surface area contributed by atoms with Crippen LogP contribution in [0.4, 0.5) is 0 Å². The Morgan fingerprint density at radius 2 is 1.65 bits per heavy atom. The van der Waals surface area contributed by atoms with Crippen molar-refractivity contribution in [2.45, 2.75) is 16.2 Å². The van der Waals surface area contributed by atoms with Gasteiger partial charge < -0.3 is 19.9 Å². The molecular formula is C16H17N3O3S4. The molecule has 2 aromatic rings. The van der Waals surface area contributed by atoms with Crippen molar-refractivity contribution in [3.05, 3.63) is 36.0 Å². The number of nitrogens with zero attached hydrogens (tertiary/aromatic N) is 2. The summed E-state index contributed by atoms with van der Waals surface area (Å²) in [6.07, 6.45) is 2.30. The monoisotopic (exact) mass is 427 g/mol. The van der Waals surface area contributed by atoms with E-state index in [0.29, 0.717) is 6.42 Å². The van der Waals surface area contributed by atoms with Gasteiger partial charge in [0.2, 0.25) is 4.87 Å². The van der Waals surface area contributed by atoms with E-state index in [4.69, 9.17) is 0 Å². The van der Waals surface area contributed by atoms with Gasteiger partial charge in [-0.2, -0.15) is 0 Å². The average Bonchev–Trinajstić information content (AvgIpc) is 3.06. The summed E-state index contributed by atoms with van der Waals surface area (Å²) in [6.45, 7) is -0.412. The second kappa shape index (κ2) is 6.59. The Labute approximate surface area is 166 Å². The van der Waals surface area contributed by atoms with E-state index in [2.05, 4.69) is 4.98 Å². The maximum atomic E-state index is 13.4. The van der Waals surface area contributed by atoms with E-state index in [0.717, 1.165) is 16.5 Å². The summed E-state index contributed by atoms with van der Waals surface area (Å²) in [6, 6.07) is 7.92. The molecule has 1 aromatic heterocycles. The number of hydrogen-bond donors (Lipinski definition) is 2. The second-order valence-corrected chi connectivity index (χ2v) is 12.5. The van der Waals surface area contributed by atoms with Crippen LogP contribution in [0.15, 0.2) is 30.5 Å². The van der Waals surface area contributed by atoms with Crippen molar-refractivity contribution in [3.63, 3.8) is 0 Å². The summed E-state index contributed by atoms with van der Waals surface area (Å²) in [7, 11) is 8.81. The van der Waals surface area contributed by atoms with Crippen molar-refractivity contribution in [2.75, 3.05) is 20.7 Å². The van der Waals surface area contributed by atoms with E-state index in [1.165, 1.54) is 51.0 Å². The fourth-order valence-corrected chi connectivity index (χ4v) is 11.1. The molecule has 2 N–H and O–H groups in total. The Bertz CT molecular complexity index is 891. The minimum atomic E-state index is -1.27. The summed E-state index contributed by atoms with van der Waals surface area (Å²) >= 11 is 0. The lowest BCUT2D eigenvalue weighted by atomic mass is 9.97. The fraction of sp³-hybridized carbons (Fsp3) is 0.375. The normalized spacial score (nSPS) is 29.3. The number of carbonyl (C=O) groups is 2. The number of aromatic nitrogens is 1. The fourth-order valence-electron chi connectivity index (χ4n) is 3.42. The number of hydrogen-bond acceptors (Lipinski definition) is 7. The molecule has 26 heavy (non-hydrogen) atoms. The smallest absolute Gasteiger partial charge is 0.263 e. The zero-order valence-electron chi connectivity index (χ0n) is 14.1. The lowest BCUT2D eigenvalue weighted by molar-refractivity contribution is -0.164. The molecule has 2 amide bonds. The molecule has 5 rings (SSSR count). The van der Waals surface area contributed by atoms with Gasteiger partial charge in [0.05, 0.1) is 6.61 Å². The van der Waals surface area contributed by atoms with Crippen LogP contribution in [0, 0.1) is 0 Å². The molecule has 2 bridgehead atoms. The van der Waals surface area contributed by atoms with Gasteiger partial charge in [-0.15, -0.1) is 0 Å². The van der Waals surface area contributed by atoms with Crippen LogP contribution in [-0.2, 0) is 16.0 Å². The first kappa shape index (κ1) is 18.4. The third kappa shape index (κ3) is 2.42. The Kier molecular flexibility index (Phi) is 4.67. The molecule has 0 aliphatic carbocycles. The highest BCUT2D eigenvalue weighted by Crippen LogP contribution is 2.61. The summed E-state index contributed by atoms with van der Waals surface area (Å²) in [5.74, 6) is -0.406. The maximum absolute atomic E-state index is 13.4. The lowest BCUT2D eigenvalue weighted by Gasteiger charge is -2.54. The van der Waals surface area contributed by atoms with Crippen molar-refractivity contribution in [3.8, 4) is 0 Å². The molecule has 0 saturated carbocycles. The van der Waals surface area contributed by atoms with Crippen molar-refractivity contribution >= 4 is 64.0 Å². The number of aliphatic hydroxyl groups excluding tert-OH is 1. The van der Waals surface area contributed by atoms with E-state index in [-0.39, 0.29) is 11.8 Å². The number of nitrogens with one attached hydrogen (secondary N) is 1. The number of H-pyrrole nitrogens is 1. The summed E-state index contributed by atoms with van der Waals surface area (Å²) < 4.78 is 0. The number of amides is 2. The molecule has 4 heterocycles. The van der Waals surface area contributed by atoms with Gasteiger partial charge in [0.15, 0.2) is 4.87 Å². The van der Waals surface area contributed by atoms with Crippen molar-refractivity contribution in [1.82, 2.24) is 14.8 Å². The van der Waals surface area contributed by atoms with E-state index in [9.17, 15) is 14.7 Å². The number of para-hydroxylation sites is 1. The van der Waals surface area contributed by atoms with Crippen molar-refractivity contribution in [2.24, 2.45) is 0 Å². The van der Waals surface area contributed by atoms with Crippen LogP contribution in [-0.4, -0.2) is 62.1 Å². The molecule has 1 aromatic carbocycles. The molecule has 6 nitrogen and oxygen atoms in total. The van der Waals surface area contributed by atoms with Gasteiger partial charge in [-0.25, -0.2) is 0 Å². The summed E-state index contributed by atoms with van der Waals surface area (Å²) in [5.41, 5.74) is 1.99. The zero-order valence-corrected chi connectivity index (χ0v) is 17.4. The minimum absolute atomic E-state index is 0.163. The molecular weight excluding hydrogens is 410 g/mol. The van der Waals surface area contributed by atoms with Crippen LogP contribution in [0.5, 0.6) is 0 Å². The highest BCUT2D eigenvalue weighted by atomic mass is 33.7. The lowest BCUT2D eigenvalue weighted by Crippen LogP contribution is -2.74. The van der Waals surface area contributed by atoms with Gasteiger partial charge in [0.1, 0.15) is 0 Å². The Morgan fingerprint density at radius 3 is 2.38 bits per heavy atom. The summed E-state index contributed by atoms with van der Waals surface area (Å²) in [5, 5.41) is 11.0. The predicted octanol–water partition coefficient (Wildman–Crippen LogP) is 2.72. The number of benzene rings is 1. The zero-order chi connectivity index (χ0) is 18.5. The summed E-state index contributed by atoms with van der Waals surface area (Å²) in [4.78, 5) is 30.5. The predicted molar refractivity (Wildman–Crippen MR) is 110 cm³/mol. The van der Waals surface area contributed by atoms with Crippen molar-refractivity contribution in [1.29, 1.82) is 0 Å². The topological polar surface area (TPSA) is 76.6 Å². The third-order valence-corrected chi connectivity index (χ3v) is 12.4. The standard InChI is InChI=1S/C16H17N3O3S4/c1-18-14(22)16(9-20)19(2)13(21)15(18,23-25-26-24-16)7-10-8-17-12-6-4-3-5-11(10)12/h3-6,8,17,20H,7,9H2,1-2H3/t15-,16-/m0/s1. The van der Waals surface area contributed by atoms with Gasteiger partial charge in [-0.3, -0.25) is 9.59 Å². The number of aromatic amines is 1. The highest BCUT2D eigenvalue weighted by molar-refractivity contribution is 9.26. The highest BCUT2D eigenvalue weighted by Gasteiger charge is 2.63. The number of fused-ring (bicyclic) bond motifs is 6. The van der Waals surface area contributed by atoms with Crippen LogP contribution in [0.1, 0.15) is 5.56 Å². The number of rotatable bonds is 3. The number of carbonyl (C=O) groups excluding carboxylic acids is 2. The van der Waals surface area contributed by atoms with Gasteiger partial charge in [0.25, 0.3) is 11.8 Å². The molecule has 3 aliphatic heterocycles. The molecule has 3 saturated heterocycles. The molecule has 2 atom stereocenters. The molecule has 3 aliphatic rings. The molecule has 3 fully saturated rings. The molecule has 138 valence electrons. The van der Waals surface area contributed by atoms with E-state index in [1.54, 1.807) is 14.1 Å². The van der Waals surface area contributed by atoms with Crippen LogP contribution >= 0.6 is 41.2 Å². The van der Waals surface area contributed by atoms with E-state index in [1.807, 2.05) is 30.5 Å². The van der Waals surface area contributed by atoms with Gasteiger partial charge in [0, 0.05) is 37.6 Å². The van der Waals surface area contributed by atoms with Gasteiger partial charge in [-0.1, -0.05) is 18.2 Å². The maximum Gasteiger partial charge on any atom is 0.263 e. The first-order valence-electron chi connectivity index (χ1n) is 7.89. The van der Waals surface area contributed by atoms with E-state index >= 15 is 0 Å². The van der Waals surface area contributed by atoms with Gasteiger partial charge >= 0.3 is 0 Å².